The van der Waals surface area contributed by atoms with Gasteiger partial charge in [-0.25, -0.2) is 0 Å². The molecular formula is C24H24N4O2S. The van der Waals surface area contributed by atoms with Gasteiger partial charge >= 0.3 is 0 Å². The summed E-state index contributed by atoms with van der Waals surface area (Å²) in [6.45, 7) is 5.24. The summed E-state index contributed by atoms with van der Waals surface area (Å²) >= 11 is 1.63. The molecule has 6 nitrogen and oxygen atoms in total. The molecule has 0 atom stereocenters. The van der Waals surface area contributed by atoms with Crippen LogP contribution in [0.5, 0.6) is 11.5 Å². The number of pyridine rings is 1. The number of rotatable bonds is 9. The number of hydrogen-bond acceptors (Lipinski definition) is 6. The van der Waals surface area contributed by atoms with Gasteiger partial charge in [-0.2, -0.15) is 0 Å². The Morgan fingerprint density at radius 2 is 1.58 bits per heavy atom. The van der Waals surface area contributed by atoms with Crippen LogP contribution in [0.25, 0.3) is 17.1 Å². The first-order chi connectivity index (χ1) is 15.3. The molecular weight excluding hydrogens is 408 g/mol. The van der Waals surface area contributed by atoms with Gasteiger partial charge in [0.1, 0.15) is 11.5 Å². The minimum absolute atomic E-state index is 0.634. The molecule has 2 aromatic carbocycles. The van der Waals surface area contributed by atoms with E-state index in [1.807, 2.05) is 68.4 Å². The summed E-state index contributed by atoms with van der Waals surface area (Å²) in [4.78, 5) is 4.12. The molecule has 0 spiro atoms. The van der Waals surface area contributed by atoms with Gasteiger partial charge in [-0.05, 0) is 56.3 Å². The van der Waals surface area contributed by atoms with Crippen LogP contribution in [0.1, 0.15) is 19.4 Å². The number of aromatic nitrogens is 4. The van der Waals surface area contributed by atoms with Crippen molar-refractivity contribution < 1.29 is 9.47 Å². The van der Waals surface area contributed by atoms with Gasteiger partial charge in [-0.15, -0.1) is 10.2 Å². The third-order valence-electron chi connectivity index (χ3n) is 4.61. The van der Waals surface area contributed by atoms with Crippen LogP contribution >= 0.6 is 11.8 Å². The summed E-state index contributed by atoms with van der Waals surface area (Å²) in [6, 6.07) is 20.0. The number of para-hydroxylation sites is 1. The first-order valence-corrected chi connectivity index (χ1v) is 11.2. The quantitative estimate of drug-likeness (QED) is 0.329. The van der Waals surface area contributed by atoms with Crippen LogP contribution in [-0.2, 0) is 5.75 Å². The van der Waals surface area contributed by atoms with Gasteiger partial charge in [0.25, 0.3) is 0 Å². The Morgan fingerprint density at radius 3 is 2.32 bits per heavy atom. The highest BCUT2D eigenvalue weighted by atomic mass is 32.2. The van der Waals surface area contributed by atoms with Crippen LogP contribution in [0.3, 0.4) is 0 Å². The lowest BCUT2D eigenvalue weighted by Gasteiger charge is -2.12. The fourth-order valence-electron chi connectivity index (χ4n) is 3.20. The Kier molecular flexibility index (Phi) is 6.84. The fraction of sp³-hybridized carbons (Fsp3) is 0.208. The van der Waals surface area contributed by atoms with E-state index in [9.17, 15) is 0 Å². The Balaban J connectivity index is 1.69. The largest absolute Gasteiger partial charge is 0.494 e. The summed E-state index contributed by atoms with van der Waals surface area (Å²) in [7, 11) is 0. The molecule has 0 amide bonds. The van der Waals surface area contributed by atoms with Gasteiger partial charge in [0.15, 0.2) is 11.0 Å². The monoisotopic (exact) mass is 432 g/mol. The van der Waals surface area contributed by atoms with Gasteiger partial charge in [0.2, 0.25) is 0 Å². The van der Waals surface area contributed by atoms with E-state index >= 15 is 0 Å². The third-order valence-corrected chi connectivity index (χ3v) is 5.58. The molecule has 4 rings (SSSR count). The third kappa shape index (κ3) is 4.88. The molecule has 2 heterocycles. The maximum Gasteiger partial charge on any atom is 0.196 e. The zero-order valence-electron chi connectivity index (χ0n) is 17.6. The molecule has 0 fully saturated rings. The molecule has 0 bridgehead atoms. The van der Waals surface area contributed by atoms with Crippen molar-refractivity contribution in [2.24, 2.45) is 0 Å². The molecule has 31 heavy (non-hydrogen) atoms. The van der Waals surface area contributed by atoms with Gasteiger partial charge < -0.3 is 9.47 Å². The van der Waals surface area contributed by atoms with Crippen LogP contribution in [0.4, 0.5) is 0 Å². The van der Waals surface area contributed by atoms with Crippen LogP contribution < -0.4 is 9.47 Å². The Morgan fingerprint density at radius 1 is 0.839 bits per heavy atom. The lowest BCUT2D eigenvalue weighted by Crippen LogP contribution is -2.01. The van der Waals surface area contributed by atoms with E-state index in [2.05, 4.69) is 25.8 Å². The van der Waals surface area contributed by atoms with E-state index in [1.54, 1.807) is 24.2 Å². The Bertz CT molecular complexity index is 1110. The fourth-order valence-corrected chi connectivity index (χ4v) is 4.15. The van der Waals surface area contributed by atoms with E-state index in [-0.39, 0.29) is 0 Å². The molecule has 158 valence electrons. The Labute approximate surface area is 186 Å². The van der Waals surface area contributed by atoms with Crippen molar-refractivity contribution >= 4 is 11.8 Å². The van der Waals surface area contributed by atoms with Gasteiger partial charge in [0.05, 0.1) is 13.2 Å². The maximum absolute atomic E-state index is 5.77. The second kappa shape index (κ2) is 10.1. The molecule has 0 unspecified atom stereocenters. The summed E-state index contributed by atoms with van der Waals surface area (Å²) < 4.78 is 13.4. The second-order valence-corrected chi connectivity index (χ2v) is 7.58. The van der Waals surface area contributed by atoms with Crippen LogP contribution in [-0.4, -0.2) is 33.0 Å². The van der Waals surface area contributed by atoms with Crippen LogP contribution in [0.15, 0.2) is 78.2 Å². The minimum Gasteiger partial charge on any atom is -0.494 e. The predicted octanol–water partition coefficient (Wildman–Crippen LogP) is 5.42. The molecule has 0 saturated heterocycles. The van der Waals surface area contributed by atoms with E-state index < -0.39 is 0 Å². The lowest BCUT2D eigenvalue weighted by atomic mass is 10.2. The van der Waals surface area contributed by atoms with Crippen molar-refractivity contribution in [1.29, 1.82) is 0 Å². The second-order valence-electron chi connectivity index (χ2n) is 6.63. The molecule has 0 aliphatic rings. The average molecular weight is 433 g/mol. The number of benzene rings is 2. The van der Waals surface area contributed by atoms with Crippen molar-refractivity contribution in [2.75, 3.05) is 13.2 Å². The minimum atomic E-state index is 0.634. The molecule has 0 aliphatic carbocycles. The van der Waals surface area contributed by atoms with Crippen LogP contribution in [0, 0.1) is 0 Å². The van der Waals surface area contributed by atoms with Crippen molar-refractivity contribution in [1.82, 2.24) is 19.7 Å². The number of hydrogen-bond donors (Lipinski definition) is 0. The standard InChI is InChI=1S/C24H24N4O2S/c1-3-29-21-11-9-20(10-12-21)28-23(18-13-15-25-16-14-18)26-27-24(28)31-17-19-7-5-6-8-22(19)30-4-2/h5-16H,3-4,17H2,1-2H3. The molecule has 0 saturated carbocycles. The van der Waals surface area contributed by atoms with E-state index in [0.717, 1.165) is 45.0 Å². The highest BCUT2D eigenvalue weighted by Gasteiger charge is 2.17. The smallest absolute Gasteiger partial charge is 0.196 e. The van der Waals surface area contributed by atoms with Gasteiger partial charge in [-0.1, -0.05) is 30.0 Å². The number of ether oxygens (including phenoxy) is 2. The van der Waals surface area contributed by atoms with Crippen molar-refractivity contribution in [3.8, 4) is 28.6 Å². The summed E-state index contributed by atoms with van der Waals surface area (Å²) in [5.41, 5.74) is 3.06. The first kappa shape index (κ1) is 20.9. The lowest BCUT2D eigenvalue weighted by molar-refractivity contribution is 0.337. The maximum atomic E-state index is 5.77. The van der Waals surface area contributed by atoms with E-state index in [1.165, 1.54) is 0 Å². The van der Waals surface area contributed by atoms with Crippen LogP contribution in [0.2, 0.25) is 0 Å². The SMILES string of the molecule is CCOc1ccc(-n2c(SCc3ccccc3OCC)nnc2-c2ccncc2)cc1. The highest BCUT2D eigenvalue weighted by Crippen LogP contribution is 2.32. The zero-order chi connectivity index (χ0) is 21.5. The average Bonchev–Trinajstić information content (AvgIpc) is 3.24. The predicted molar refractivity (Wildman–Crippen MR) is 123 cm³/mol. The Hall–Kier alpha value is -3.32. The summed E-state index contributed by atoms with van der Waals surface area (Å²) in [6.07, 6.45) is 3.52. The van der Waals surface area contributed by atoms with Gasteiger partial charge in [0, 0.05) is 35.0 Å². The number of thioether (sulfide) groups is 1. The van der Waals surface area contributed by atoms with E-state index in [4.69, 9.17) is 9.47 Å². The van der Waals surface area contributed by atoms with Crippen molar-refractivity contribution in [3.63, 3.8) is 0 Å². The first-order valence-electron chi connectivity index (χ1n) is 10.2. The molecule has 2 aromatic heterocycles. The summed E-state index contributed by atoms with van der Waals surface area (Å²) in [5, 5.41) is 9.80. The summed E-state index contributed by atoms with van der Waals surface area (Å²) in [5.74, 6) is 3.23. The molecule has 0 N–H and O–H groups in total. The van der Waals surface area contributed by atoms with Gasteiger partial charge in [-0.3, -0.25) is 9.55 Å². The highest BCUT2D eigenvalue weighted by molar-refractivity contribution is 7.98. The van der Waals surface area contributed by atoms with E-state index in [0.29, 0.717) is 13.2 Å². The van der Waals surface area contributed by atoms with Crippen molar-refractivity contribution in [2.45, 2.75) is 24.8 Å². The molecule has 7 heteroatoms. The molecule has 0 radical (unpaired) electrons. The zero-order valence-corrected chi connectivity index (χ0v) is 18.4. The topological polar surface area (TPSA) is 62.1 Å². The molecule has 0 aliphatic heterocycles. The van der Waals surface area contributed by atoms with Crippen molar-refractivity contribution in [3.05, 3.63) is 78.6 Å². The normalized spacial score (nSPS) is 10.8. The number of nitrogens with zero attached hydrogens (tertiary/aromatic N) is 4. The molecule has 4 aromatic rings.